The molecule has 0 aromatic rings. The molecule has 5 nitrogen and oxygen atoms in total. The second-order valence-electron chi connectivity index (χ2n) is 3.48. The van der Waals surface area contributed by atoms with Gasteiger partial charge in [0.05, 0.1) is 12.5 Å². The fourth-order valence-electron chi connectivity index (χ4n) is 1.37. The maximum Gasteiger partial charge on any atom is 0.305 e. The number of hydrogen-bond donors (Lipinski definition) is 3. The lowest BCUT2D eigenvalue weighted by Crippen LogP contribution is -2.46. The van der Waals surface area contributed by atoms with Gasteiger partial charge in [-0.25, -0.2) is 0 Å². The Labute approximate surface area is 93.0 Å². The van der Waals surface area contributed by atoms with Gasteiger partial charge in [0.2, 0.25) is 5.91 Å². The minimum Gasteiger partial charge on any atom is -0.481 e. The first-order valence-electron chi connectivity index (χ1n) is 4.96. The molecule has 1 saturated heterocycles. The third-order valence-electron chi connectivity index (χ3n) is 2.29. The molecule has 1 aliphatic heterocycles. The van der Waals surface area contributed by atoms with E-state index in [9.17, 15) is 9.59 Å². The quantitative estimate of drug-likeness (QED) is 0.623. The van der Waals surface area contributed by atoms with Crippen molar-refractivity contribution in [3.63, 3.8) is 0 Å². The molecule has 86 valence electrons. The monoisotopic (exact) mass is 232 g/mol. The molecule has 2 atom stereocenters. The summed E-state index contributed by atoms with van der Waals surface area (Å²) in [5.41, 5.74) is 0. The fourth-order valence-corrected chi connectivity index (χ4v) is 2.32. The van der Waals surface area contributed by atoms with E-state index in [-0.39, 0.29) is 24.4 Å². The number of hydrogen-bond acceptors (Lipinski definition) is 4. The van der Waals surface area contributed by atoms with Gasteiger partial charge < -0.3 is 10.4 Å². The Morgan fingerprint density at radius 2 is 2.40 bits per heavy atom. The van der Waals surface area contributed by atoms with Crippen molar-refractivity contribution in [3.8, 4) is 0 Å². The smallest absolute Gasteiger partial charge is 0.305 e. The number of thioether (sulfide) groups is 1. The maximum absolute atomic E-state index is 11.6. The lowest BCUT2D eigenvalue weighted by Gasteiger charge is -2.17. The van der Waals surface area contributed by atoms with E-state index >= 15 is 0 Å². The van der Waals surface area contributed by atoms with Gasteiger partial charge in [0.15, 0.2) is 0 Å². The third-order valence-corrected chi connectivity index (χ3v) is 3.23. The number of carboxylic acid groups (broad SMARTS) is 1. The summed E-state index contributed by atoms with van der Waals surface area (Å²) in [4.78, 5) is 22.1. The predicted molar refractivity (Wildman–Crippen MR) is 58.7 cm³/mol. The van der Waals surface area contributed by atoms with Crippen LogP contribution in [0.1, 0.15) is 19.8 Å². The highest BCUT2D eigenvalue weighted by Crippen LogP contribution is 2.10. The summed E-state index contributed by atoms with van der Waals surface area (Å²) >= 11 is 1.67. The van der Waals surface area contributed by atoms with Crippen molar-refractivity contribution >= 4 is 23.6 Å². The Bertz CT molecular complexity index is 242. The van der Waals surface area contributed by atoms with Crippen LogP contribution in [-0.2, 0) is 9.59 Å². The van der Waals surface area contributed by atoms with Gasteiger partial charge in [0.25, 0.3) is 0 Å². The molecule has 6 heteroatoms. The molecule has 0 saturated carbocycles. The number of rotatable bonds is 5. The summed E-state index contributed by atoms with van der Waals surface area (Å²) < 4.78 is 0. The van der Waals surface area contributed by atoms with E-state index in [1.54, 1.807) is 11.8 Å². The third kappa shape index (κ3) is 4.09. The van der Waals surface area contributed by atoms with E-state index in [0.717, 1.165) is 11.6 Å². The van der Waals surface area contributed by atoms with Crippen LogP contribution in [-0.4, -0.2) is 40.7 Å². The zero-order valence-corrected chi connectivity index (χ0v) is 9.47. The lowest BCUT2D eigenvalue weighted by atomic mass is 10.1. The molecule has 0 spiro atoms. The number of carbonyl (C=O) groups excluding carboxylic acids is 1. The molecular weight excluding hydrogens is 216 g/mol. The minimum absolute atomic E-state index is 0.0118. The predicted octanol–water partition coefficient (Wildman–Crippen LogP) is 0.0184. The van der Waals surface area contributed by atoms with Crippen molar-refractivity contribution in [1.29, 1.82) is 0 Å². The zero-order valence-electron chi connectivity index (χ0n) is 8.66. The lowest BCUT2D eigenvalue weighted by molar-refractivity contribution is -0.137. The molecular formula is C9H16N2O3S. The van der Waals surface area contributed by atoms with Crippen molar-refractivity contribution in [3.05, 3.63) is 0 Å². The topological polar surface area (TPSA) is 78.4 Å². The molecule has 2 unspecified atom stereocenters. The molecule has 1 rings (SSSR count). The van der Waals surface area contributed by atoms with Gasteiger partial charge in [-0.15, -0.1) is 11.8 Å². The van der Waals surface area contributed by atoms with Gasteiger partial charge in [-0.2, -0.15) is 0 Å². The van der Waals surface area contributed by atoms with Crippen LogP contribution in [0.25, 0.3) is 0 Å². The highest BCUT2D eigenvalue weighted by Gasteiger charge is 2.24. The van der Waals surface area contributed by atoms with E-state index < -0.39 is 5.97 Å². The Kier molecular flexibility index (Phi) is 4.90. The molecule has 0 aliphatic carbocycles. The fraction of sp³-hybridized carbons (Fsp3) is 0.778. The molecule has 0 bridgehead atoms. The Balaban J connectivity index is 2.36. The van der Waals surface area contributed by atoms with Crippen LogP contribution in [0, 0.1) is 0 Å². The van der Waals surface area contributed by atoms with Crippen LogP contribution < -0.4 is 10.6 Å². The second kappa shape index (κ2) is 5.97. The van der Waals surface area contributed by atoms with Crippen molar-refractivity contribution in [2.24, 2.45) is 0 Å². The van der Waals surface area contributed by atoms with E-state index in [2.05, 4.69) is 10.6 Å². The highest BCUT2D eigenvalue weighted by molar-refractivity contribution is 7.99. The summed E-state index contributed by atoms with van der Waals surface area (Å²) in [6, 6.07) is -0.430. The van der Waals surface area contributed by atoms with Crippen LogP contribution in [0.2, 0.25) is 0 Å². The first-order valence-corrected chi connectivity index (χ1v) is 6.12. The van der Waals surface area contributed by atoms with Gasteiger partial charge in [-0.3, -0.25) is 14.9 Å². The number of nitrogens with one attached hydrogen (secondary N) is 2. The summed E-state index contributed by atoms with van der Waals surface area (Å²) in [6.07, 6.45) is 0.625. The van der Waals surface area contributed by atoms with Crippen LogP contribution in [0.4, 0.5) is 0 Å². The first kappa shape index (κ1) is 12.3. The van der Waals surface area contributed by atoms with Gasteiger partial charge in [0.1, 0.15) is 0 Å². The Hall–Kier alpha value is -0.750. The van der Waals surface area contributed by atoms with E-state index in [0.29, 0.717) is 6.42 Å². The Morgan fingerprint density at radius 3 is 2.87 bits per heavy atom. The molecule has 3 N–H and O–H groups in total. The summed E-state index contributed by atoms with van der Waals surface area (Å²) in [5, 5.41) is 14.4. The summed E-state index contributed by atoms with van der Waals surface area (Å²) in [6.45, 7) is 1.87. The molecule has 1 aliphatic rings. The molecule has 1 heterocycles. The molecule has 15 heavy (non-hydrogen) atoms. The van der Waals surface area contributed by atoms with Crippen LogP contribution in [0.3, 0.4) is 0 Å². The number of carbonyl (C=O) groups is 2. The maximum atomic E-state index is 11.6. The van der Waals surface area contributed by atoms with Gasteiger partial charge >= 0.3 is 5.97 Å². The molecule has 0 aromatic heterocycles. The zero-order chi connectivity index (χ0) is 11.3. The van der Waals surface area contributed by atoms with Gasteiger partial charge in [-0.05, 0) is 6.42 Å². The molecule has 1 fully saturated rings. The number of amides is 1. The number of aliphatic carboxylic acids is 1. The highest BCUT2D eigenvalue weighted by atomic mass is 32.2. The molecule has 0 aromatic carbocycles. The van der Waals surface area contributed by atoms with Crippen molar-refractivity contribution in [2.75, 3.05) is 11.6 Å². The average molecular weight is 232 g/mol. The SMILES string of the molecule is CCC(CC(=O)O)NC(=O)C1CSCN1. The van der Waals surface area contributed by atoms with Gasteiger partial charge in [-0.1, -0.05) is 6.92 Å². The Morgan fingerprint density at radius 1 is 1.67 bits per heavy atom. The first-order chi connectivity index (χ1) is 7.13. The van der Waals surface area contributed by atoms with Crippen molar-refractivity contribution in [2.45, 2.75) is 31.8 Å². The van der Waals surface area contributed by atoms with E-state index in [1.165, 1.54) is 0 Å². The van der Waals surface area contributed by atoms with E-state index in [1.807, 2.05) is 6.92 Å². The van der Waals surface area contributed by atoms with Gasteiger partial charge in [0, 0.05) is 17.7 Å². The van der Waals surface area contributed by atoms with E-state index in [4.69, 9.17) is 5.11 Å². The average Bonchev–Trinajstić information content (AvgIpc) is 2.68. The second-order valence-corrected chi connectivity index (χ2v) is 4.51. The van der Waals surface area contributed by atoms with Crippen LogP contribution in [0.15, 0.2) is 0 Å². The largest absolute Gasteiger partial charge is 0.481 e. The normalized spacial score (nSPS) is 22.3. The standard InChI is InChI=1S/C9H16N2O3S/c1-2-6(3-8(12)13)11-9(14)7-4-15-5-10-7/h6-7,10H,2-5H2,1H3,(H,11,14)(H,12,13). The molecule has 1 amide bonds. The summed E-state index contributed by atoms with van der Waals surface area (Å²) in [5.74, 6) is 0.576. The van der Waals surface area contributed by atoms with Crippen LogP contribution >= 0.6 is 11.8 Å². The summed E-state index contributed by atoms with van der Waals surface area (Å²) in [7, 11) is 0. The van der Waals surface area contributed by atoms with Crippen molar-refractivity contribution in [1.82, 2.24) is 10.6 Å². The minimum atomic E-state index is -0.879. The molecule has 0 radical (unpaired) electrons. The van der Waals surface area contributed by atoms with Crippen LogP contribution in [0.5, 0.6) is 0 Å². The van der Waals surface area contributed by atoms with Crippen molar-refractivity contribution < 1.29 is 14.7 Å². The number of carboxylic acids is 1.